The van der Waals surface area contributed by atoms with Gasteiger partial charge in [-0.15, -0.1) is 0 Å². The molecule has 0 saturated carbocycles. The van der Waals surface area contributed by atoms with Crippen molar-refractivity contribution in [3.05, 3.63) is 46.8 Å². The van der Waals surface area contributed by atoms with Gasteiger partial charge < -0.3 is 19.1 Å². The minimum atomic E-state index is -0.467. The first-order valence-electron chi connectivity index (χ1n) is 11.5. The molecule has 0 spiro atoms. The van der Waals surface area contributed by atoms with Crippen LogP contribution in [0.3, 0.4) is 0 Å². The smallest absolute Gasteiger partial charge is 0.410 e. The van der Waals surface area contributed by atoms with Gasteiger partial charge in [0.25, 0.3) is 0 Å². The van der Waals surface area contributed by atoms with Crippen molar-refractivity contribution >= 4 is 11.9 Å². The van der Waals surface area contributed by atoms with Crippen LogP contribution in [0.2, 0.25) is 0 Å². The van der Waals surface area contributed by atoms with Crippen LogP contribution in [0.1, 0.15) is 71.6 Å². The largest absolute Gasteiger partial charge is 0.496 e. The second-order valence-corrected chi connectivity index (χ2v) is 9.54. The average molecular weight is 445 g/mol. The summed E-state index contributed by atoms with van der Waals surface area (Å²) in [5, 5.41) is 0. The molecule has 6 heteroatoms. The molecule has 1 aromatic heterocycles. The van der Waals surface area contributed by atoms with E-state index in [9.17, 15) is 4.79 Å². The number of hydrogen-bond donors (Lipinski definition) is 0. The zero-order valence-electron chi connectivity index (χ0n) is 20.9. The summed E-state index contributed by atoms with van der Waals surface area (Å²) in [7, 11) is 1.71. The molecule has 1 amide bonds. The fourth-order valence-electron chi connectivity index (χ4n) is 3.64. The highest BCUT2D eigenvalue weighted by Gasteiger charge is 2.30. The van der Waals surface area contributed by atoms with Crippen LogP contribution in [0.15, 0.2) is 35.6 Å². The second-order valence-electron chi connectivity index (χ2n) is 9.54. The van der Waals surface area contributed by atoms with E-state index in [0.29, 0.717) is 19.7 Å². The molecule has 0 bridgehead atoms. The highest BCUT2D eigenvalue weighted by atomic mass is 16.6. The van der Waals surface area contributed by atoms with Gasteiger partial charge in [0.2, 0.25) is 0 Å². The van der Waals surface area contributed by atoms with Crippen molar-refractivity contribution in [1.29, 1.82) is 0 Å². The molecule has 1 aromatic rings. The lowest BCUT2D eigenvalue weighted by Crippen LogP contribution is -2.36. The number of aromatic nitrogens is 1. The molecule has 1 saturated heterocycles. The molecule has 0 aromatic carbocycles. The van der Waals surface area contributed by atoms with Gasteiger partial charge in [-0.1, -0.05) is 5.57 Å². The molecule has 6 nitrogen and oxygen atoms in total. The van der Waals surface area contributed by atoms with E-state index in [1.54, 1.807) is 18.2 Å². The van der Waals surface area contributed by atoms with E-state index in [4.69, 9.17) is 14.2 Å². The fourth-order valence-corrected chi connectivity index (χ4v) is 3.64. The number of aryl methyl sites for hydroxylation is 1. The number of allylic oxidation sites excluding steroid dienone is 3. The molecular formula is C26H40N2O4. The third-order valence-corrected chi connectivity index (χ3v) is 5.43. The Labute approximate surface area is 193 Å². The maximum Gasteiger partial charge on any atom is 0.410 e. The van der Waals surface area contributed by atoms with Crippen molar-refractivity contribution in [3.8, 4) is 0 Å². The Bertz CT molecular complexity index is 819. The van der Waals surface area contributed by atoms with E-state index in [2.05, 4.69) is 24.9 Å². The fraction of sp³-hybridized carbons (Fsp3) is 0.615. The molecule has 1 fully saturated rings. The number of likely N-dealkylation sites (tertiary alicyclic amines) is 1. The normalized spacial score (nSPS) is 16.8. The topological polar surface area (TPSA) is 60.9 Å². The summed E-state index contributed by atoms with van der Waals surface area (Å²) in [6.07, 6.45) is 7.61. The van der Waals surface area contributed by atoms with Crippen molar-refractivity contribution in [3.63, 3.8) is 0 Å². The molecule has 0 N–H and O–H groups in total. The zero-order valence-corrected chi connectivity index (χ0v) is 20.9. The predicted octanol–water partition coefficient (Wildman–Crippen LogP) is 5.91. The van der Waals surface area contributed by atoms with Gasteiger partial charge in [0.1, 0.15) is 11.4 Å². The highest BCUT2D eigenvalue weighted by molar-refractivity contribution is 5.68. The van der Waals surface area contributed by atoms with Gasteiger partial charge in [0, 0.05) is 30.6 Å². The Morgan fingerprint density at radius 1 is 1.28 bits per heavy atom. The molecule has 2 rings (SSSR count). The van der Waals surface area contributed by atoms with Gasteiger partial charge in [0.15, 0.2) is 0 Å². The Kier molecular flexibility index (Phi) is 9.76. The molecule has 0 aliphatic carbocycles. The number of nitrogens with zero attached hydrogens (tertiary/aromatic N) is 2. The minimum Gasteiger partial charge on any atom is -0.496 e. The van der Waals surface area contributed by atoms with Gasteiger partial charge in [-0.2, -0.15) is 0 Å². The number of hydrogen-bond acceptors (Lipinski definition) is 5. The standard InChI is InChI=1S/C26H40N2O4/c1-19(2)21(17-24(30-7)23-12-10-14-27-20(23)3)11-8-9-16-31-22-13-15-28(18-22)25(29)32-26(4,5)6/h10,12,14,17,22H,8-9,11,13,15-16,18H2,1-7H3/b24-17+. The number of rotatable bonds is 9. The summed E-state index contributed by atoms with van der Waals surface area (Å²) < 4.78 is 17.2. The first-order valence-corrected chi connectivity index (χ1v) is 11.5. The maximum atomic E-state index is 12.2. The molecule has 0 radical (unpaired) electrons. The van der Waals surface area contributed by atoms with Crippen molar-refractivity contribution in [1.82, 2.24) is 9.88 Å². The van der Waals surface area contributed by atoms with Gasteiger partial charge in [0.05, 0.1) is 19.8 Å². The number of unbranched alkanes of at least 4 members (excludes halogenated alkanes) is 1. The number of carbonyl (C=O) groups excluding carboxylic acids is 1. The van der Waals surface area contributed by atoms with Crippen LogP contribution in [0.25, 0.3) is 5.76 Å². The number of amides is 1. The molecule has 1 aliphatic heterocycles. The SMILES string of the molecule is CO/C(=C/C(CCCCOC1CCN(C(=O)OC(C)(C)C)C1)=C(C)C)c1cccnc1C. The Hall–Kier alpha value is -2.34. The minimum absolute atomic E-state index is 0.0963. The first kappa shape index (κ1) is 25.9. The van der Waals surface area contributed by atoms with Crippen LogP contribution in [0, 0.1) is 6.92 Å². The lowest BCUT2D eigenvalue weighted by Gasteiger charge is -2.24. The van der Waals surface area contributed by atoms with Gasteiger partial charge in [-0.3, -0.25) is 4.98 Å². The summed E-state index contributed by atoms with van der Waals surface area (Å²) in [5.74, 6) is 0.844. The van der Waals surface area contributed by atoms with Gasteiger partial charge in [-0.25, -0.2) is 4.79 Å². The molecule has 1 atom stereocenters. The van der Waals surface area contributed by atoms with Crippen LogP contribution in [0.4, 0.5) is 4.79 Å². The van der Waals surface area contributed by atoms with Gasteiger partial charge >= 0.3 is 6.09 Å². The lowest BCUT2D eigenvalue weighted by molar-refractivity contribution is 0.0207. The number of ether oxygens (including phenoxy) is 3. The van der Waals surface area contributed by atoms with Crippen LogP contribution < -0.4 is 0 Å². The van der Waals surface area contributed by atoms with Crippen LogP contribution in [-0.4, -0.2) is 54.5 Å². The summed E-state index contributed by atoms with van der Waals surface area (Å²) >= 11 is 0. The van der Waals surface area contributed by atoms with Crippen molar-refractivity contribution in [2.75, 3.05) is 26.8 Å². The first-order chi connectivity index (χ1) is 15.1. The van der Waals surface area contributed by atoms with Crippen LogP contribution >= 0.6 is 0 Å². The highest BCUT2D eigenvalue weighted by Crippen LogP contribution is 2.24. The zero-order chi connectivity index (χ0) is 23.7. The summed E-state index contributed by atoms with van der Waals surface area (Å²) in [4.78, 5) is 18.3. The van der Waals surface area contributed by atoms with E-state index >= 15 is 0 Å². The summed E-state index contributed by atoms with van der Waals surface area (Å²) in [5.41, 5.74) is 4.07. The molecular weight excluding hydrogens is 404 g/mol. The summed E-state index contributed by atoms with van der Waals surface area (Å²) in [6.45, 7) is 13.9. The molecule has 1 unspecified atom stereocenters. The maximum absolute atomic E-state index is 12.2. The van der Waals surface area contributed by atoms with E-state index < -0.39 is 5.60 Å². The van der Waals surface area contributed by atoms with Crippen LogP contribution in [0.5, 0.6) is 0 Å². The quantitative estimate of drug-likeness (QED) is 0.269. The Morgan fingerprint density at radius 3 is 2.66 bits per heavy atom. The molecule has 2 heterocycles. The number of pyridine rings is 1. The van der Waals surface area contributed by atoms with E-state index in [1.807, 2.05) is 39.8 Å². The third-order valence-electron chi connectivity index (χ3n) is 5.43. The lowest BCUT2D eigenvalue weighted by atomic mass is 10.0. The predicted molar refractivity (Wildman–Crippen MR) is 128 cm³/mol. The third kappa shape index (κ3) is 8.30. The van der Waals surface area contributed by atoms with Crippen molar-refractivity contribution < 1.29 is 19.0 Å². The van der Waals surface area contributed by atoms with E-state index in [-0.39, 0.29) is 12.2 Å². The van der Waals surface area contributed by atoms with Crippen molar-refractivity contribution in [2.45, 2.75) is 78.9 Å². The van der Waals surface area contributed by atoms with E-state index in [0.717, 1.165) is 42.7 Å². The van der Waals surface area contributed by atoms with Gasteiger partial charge in [-0.05, 0) is 91.0 Å². The van der Waals surface area contributed by atoms with Crippen molar-refractivity contribution in [2.24, 2.45) is 0 Å². The molecule has 1 aliphatic rings. The molecule has 178 valence electrons. The van der Waals surface area contributed by atoms with E-state index in [1.165, 1.54) is 11.1 Å². The van der Waals surface area contributed by atoms with Crippen LogP contribution in [-0.2, 0) is 14.2 Å². The number of carbonyl (C=O) groups is 1. The molecule has 32 heavy (non-hydrogen) atoms. The average Bonchev–Trinajstić information content (AvgIpc) is 3.18. The second kappa shape index (κ2) is 12.0. The number of methoxy groups -OCH3 is 1. The summed E-state index contributed by atoms with van der Waals surface area (Å²) in [6, 6.07) is 3.97. The monoisotopic (exact) mass is 444 g/mol. The Balaban J connectivity index is 1.79. The Morgan fingerprint density at radius 2 is 2.03 bits per heavy atom.